The van der Waals surface area contributed by atoms with E-state index in [2.05, 4.69) is 24.5 Å². The summed E-state index contributed by atoms with van der Waals surface area (Å²) in [7, 11) is 0. The highest BCUT2D eigenvalue weighted by Gasteiger charge is 2.23. The van der Waals surface area contributed by atoms with Crippen LogP contribution >= 0.6 is 0 Å². The SMILES string of the molecule is CC(C)CCNC[C@@H](O)[C@H](Cc1cc(F)cc(F)c1)N[C@H](C)C(N)=O. The van der Waals surface area contributed by atoms with E-state index in [9.17, 15) is 18.7 Å². The van der Waals surface area contributed by atoms with Crippen molar-refractivity contribution in [3.63, 3.8) is 0 Å². The monoisotopic (exact) mass is 357 g/mol. The average molecular weight is 357 g/mol. The number of aliphatic hydroxyl groups is 1. The number of aliphatic hydroxyl groups excluding tert-OH is 1. The number of halogens is 2. The summed E-state index contributed by atoms with van der Waals surface area (Å²) in [4.78, 5) is 11.3. The predicted molar refractivity (Wildman–Crippen MR) is 94.0 cm³/mol. The Morgan fingerprint density at radius 2 is 1.80 bits per heavy atom. The number of primary amides is 1. The van der Waals surface area contributed by atoms with Crippen molar-refractivity contribution >= 4 is 5.91 Å². The maximum atomic E-state index is 13.4. The van der Waals surface area contributed by atoms with E-state index in [1.807, 2.05) is 0 Å². The van der Waals surface area contributed by atoms with E-state index in [0.29, 0.717) is 18.0 Å². The van der Waals surface area contributed by atoms with Crippen LogP contribution in [0.1, 0.15) is 32.8 Å². The molecule has 1 aromatic carbocycles. The molecule has 1 aromatic rings. The molecule has 1 amide bonds. The van der Waals surface area contributed by atoms with Gasteiger partial charge in [-0.25, -0.2) is 8.78 Å². The predicted octanol–water partition coefficient (Wildman–Crippen LogP) is 1.34. The highest BCUT2D eigenvalue weighted by Crippen LogP contribution is 2.12. The maximum absolute atomic E-state index is 13.4. The van der Waals surface area contributed by atoms with Crippen molar-refractivity contribution in [2.45, 2.75) is 51.8 Å². The van der Waals surface area contributed by atoms with E-state index < -0.39 is 35.7 Å². The topological polar surface area (TPSA) is 87.4 Å². The summed E-state index contributed by atoms with van der Waals surface area (Å²) in [6.45, 7) is 6.85. The molecule has 0 aromatic heterocycles. The van der Waals surface area contributed by atoms with Crippen LogP contribution < -0.4 is 16.4 Å². The number of hydrogen-bond acceptors (Lipinski definition) is 4. The number of nitrogens with two attached hydrogens (primary N) is 1. The Hall–Kier alpha value is -1.57. The quantitative estimate of drug-likeness (QED) is 0.450. The fourth-order valence-electron chi connectivity index (χ4n) is 2.47. The molecule has 7 heteroatoms. The van der Waals surface area contributed by atoms with Crippen molar-refractivity contribution in [2.24, 2.45) is 11.7 Å². The molecule has 0 heterocycles. The van der Waals surface area contributed by atoms with Gasteiger partial charge in [0, 0.05) is 18.7 Å². The third-order valence-electron chi connectivity index (χ3n) is 3.99. The van der Waals surface area contributed by atoms with Crippen LogP contribution in [0.25, 0.3) is 0 Å². The Bertz CT molecular complexity index is 535. The molecule has 0 radical (unpaired) electrons. The van der Waals surface area contributed by atoms with Gasteiger partial charge in [-0.3, -0.25) is 4.79 Å². The van der Waals surface area contributed by atoms with Gasteiger partial charge in [0.25, 0.3) is 0 Å². The van der Waals surface area contributed by atoms with Gasteiger partial charge in [0.05, 0.1) is 12.1 Å². The van der Waals surface area contributed by atoms with Crippen LogP contribution in [0.2, 0.25) is 0 Å². The average Bonchev–Trinajstić information content (AvgIpc) is 2.49. The third-order valence-corrected chi connectivity index (χ3v) is 3.99. The molecule has 0 aliphatic rings. The molecule has 25 heavy (non-hydrogen) atoms. The summed E-state index contributed by atoms with van der Waals surface area (Å²) in [6.07, 6.45) is 0.289. The standard InChI is InChI=1S/C18H29F2N3O2/c1-11(2)4-5-22-10-17(24)16(23-12(3)18(21)25)8-13-6-14(19)9-15(20)7-13/h6-7,9,11-12,16-17,22-24H,4-5,8,10H2,1-3H3,(H2,21,25)/t12-,16+,17-/m1/s1. The number of nitrogens with one attached hydrogen (secondary N) is 2. The normalized spacial score (nSPS) is 15.2. The van der Waals surface area contributed by atoms with Gasteiger partial charge in [-0.2, -0.15) is 0 Å². The van der Waals surface area contributed by atoms with Crippen molar-refractivity contribution in [3.8, 4) is 0 Å². The molecule has 0 spiro atoms. The minimum atomic E-state index is -0.847. The van der Waals surface area contributed by atoms with E-state index in [0.717, 1.165) is 19.0 Å². The van der Waals surface area contributed by atoms with Gasteiger partial charge in [0.1, 0.15) is 11.6 Å². The second-order valence-electron chi connectivity index (χ2n) is 6.83. The summed E-state index contributed by atoms with van der Waals surface area (Å²) in [5, 5.41) is 16.5. The van der Waals surface area contributed by atoms with Crippen molar-refractivity contribution in [1.29, 1.82) is 0 Å². The van der Waals surface area contributed by atoms with E-state index >= 15 is 0 Å². The van der Waals surface area contributed by atoms with Crippen molar-refractivity contribution in [1.82, 2.24) is 10.6 Å². The largest absolute Gasteiger partial charge is 0.390 e. The summed E-state index contributed by atoms with van der Waals surface area (Å²) >= 11 is 0. The minimum Gasteiger partial charge on any atom is -0.390 e. The molecule has 1 rings (SSSR count). The van der Waals surface area contributed by atoms with Gasteiger partial charge in [0.2, 0.25) is 5.91 Å². The Labute approximate surface area is 148 Å². The molecule has 0 aliphatic carbocycles. The molecular weight excluding hydrogens is 328 g/mol. The highest BCUT2D eigenvalue weighted by atomic mass is 19.1. The zero-order valence-electron chi connectivity index (χ0n) is 15.1. The molecule has 0 aliphatic heterocycles. The third kappa shape index (κ3) is 8.38. The number of carbonyl (C=O) groups is 1. The Morgan fingerprint density at radius 1 is 1.20 bits per heavy atom. The van der Waals surface area contributed by atoms with E-state index in [1.54, 1.807) is 6.92 Å². The van der Waals surface area contributed by atoms with Crippen LogP contribution in [0.3, 0.4) is 0 Å². The first-order valence-electron chi connectivity index (χ1n) is 8.58. The zero-order valence-corrected chi connectivity index (χ0v) is 15.1. The van der Waals surface area contributed by atoms with Crippen molar-refractivity contribution in [2.75, 3.05) is 13.1 Å². The lowest BCUT2D eigenvalue weighted by Crippen LogP contribution is -2.53. The van der Waals surface area contributed by atoms with Crippen LogP contribution in [0, 0.1) is 17.6 Å². The Morgan fingerprint density at radius 3 is 2.32 bits per heavy atom. The van der Waals surface area contributed by atoms with Gasteiger partial charge in [-0.15, -0.1) is 0 Å². The van der Waals surface area contributed by atoms with Crippen LogP contribution in [-0.4, -0.2) is 42.3 Å². The fourth-order valence-corrected chi connectivity index (χ4v) is 2.47. The van der Waals surface area contributed by atoms with Crippen LogP contribution in [-0.2, 0) is 11.2 Å². The fraction of sp³-hybridized carbons (Fsp3) is 0.611. The van der Waals surface area contributed by atoms with Gasteiger partial charge in [0.15, 0.2) is 0 Å². The molecule has 0 unspecified atom stereocenters. The minimum absolute atomic E-state index is 0.166. The van der Waals surface area contributed by atoms with E-state index in [4.69, 9.17) is 5.73 Å². The maximum Gasteiger partial charge on any atom is 0.234 e. The van der Waals surface area contributed by atoms with Crippen LogP contribution in [0.4, 0.5) is 8.78 Å². The molecule has 0 saturated carbocycles. The van der Waals surface area contributed by atoms with Crippen LogP contribution in [0.15, 0.2) is 18.2 Å². The van der Waals surface area contributed by atoms with Crippen molar-refractivity contribution in [3.05, 3.63) is 35.4 Å². The highest BCUT2D eigenvalue weighted by molar-refractivity contribution is 5.79. The first kappa shape index (κ1) is 21.5. The van der Waals surface area contributed by atoms with Gasteiger partial charge in [-0.1, -0.05) is 13.8 Å². The Kier molecular flexibility index (Phi) is 8.96. The van der Waals surface area contributed by atoms with E-state index in [-0.39, 0.29) is 6.42 Å². The second-order valence-corrected chi connectivity index (χ2v) is 6.83. The lowest BCUT2D eigenvalue weighted by molar-refractivity contribution is -0.120. The van der Waals surface area contributed by atoms with Gasteiger partial charge in [-0.05, 0) is 49.9 Å². The first-order chi connectivity index (χ1) is 11.7. The molecule has 3 atom stereocenters. The molecule has 5 N–H and O–H groups in total. The molecular formula is C18H29F2N3O2. The summed E-state index contributed by atoms with van der Waals surface area (Å²) in [6, 6.07) is 1.97. The molecule has 0 saturated heterocycles. The molecule has 0 fully saturated rings. The van der Waals surface area contributed by atoms with Crippen molar-refractivity contribution < 1.29 is 18.7 Å². The zero-order chi connectivity index (χ0) is 19.0. The summed E-state index contributed by atoms with van der Waals surface area (Å²) in [5.74, 6) is -1.37. The molecule has 5 nitrogen and oxygen atoms in total. The number of rotatable bonds is 11. The number of benzene rings is 1. The summed E-state index contributed by atoms with van der Waals surface area (Å²) in [5.41, 5.74) is 5.66. The summed E-state index contributed by atoms with van der Waals surface area (Å²) < 4.78 is 26.8. The van der Waals surface area contributed by atoms with Crippen LogP contribution in [0.5, 0.6) is 0 Å². The molecule has 0 bridgehead atoms. The van der Waals surface area contributed by atoms with E-state index in [1.165, 1.54) is 12.1 Å². The first-order valence-corrected chi connectivity index (χ1v) is 8.58. The lowest BCUT2D eigenvalue weighted by atomic mass is 9.99. The smallest absolute Gasteiger partial charge is 0.234 e. The number of carbonyl (C=O) groups excluding carboxylic acids is 1. The second kappa shape index (κ2) is 10.4. The number of hydrogen-bond donors (Lipinski definition) is 4. The van der Waals surface area contributed by atoms with Gasteiger partial charge < -0.3 is 21.5 Å². The lowest BCUT2D eigenvalue weighted by Gasteiger charge is -2.27. The van der Waals surface area contributed by atoms with Gasteiger partial charge >= 0.3 is 0 Å². The number of amides is 1. The molecule has 142 valence electrons. The Balaban J connectivity index is 2.75.